The number of nitrogens with zero attached hydrogens (tertiary/aromatic N) is 1. The summed E-state index contributed by atoms with van der Waals surface area (Å²) >= 11 is 0. The Kier molecular flexibility index (Phi) is 7.04. The van der Waals surface area contributed by atoms with Crippen LogP contribution in [0.15, 0.2) is 115 Å². The van der Waals surface area contributed by atoms with Gasteiger partial charge < -0.3 is 9.64 Å². The van der Waals surface area contributed by atoms with Crippen molar-refractivity contribution in [2.24, 2.45) is 0 Å². The number of allylic oxidation sites excluding steroid dienone is 1. The topological polar surface area (TPSA) is 12.5 Å². The summed E-state index contributed by atoms with van der Waals surface area (Å²) in [5, 5.41) is 5.09. The maximum atomic E-state index is 5.42. The Balaban J connectivity index is 1.41. The van der Waals surface area contributed by atoms with Crippen molar-refractivity contribution in [1.82, 2.24) is 0 Å². The van der Waals surface area contributed by atoms with E-state index < -0.39 is 0 Å². The van der Waals surface area contributed by atoms with Gasteiger partial charge in [0, 0.05) is 24.7 Å². The fraction of sp³-hybridized carbons (Fsp3) is 0.176. The van der Waals surface area contributed by atoms with Gasteiger partial charge in [-0.05, 0) is 76.3 Å². The van der Waals surface area contributed by atoms with Gasteiger partial charge in [0.15, 0.2) is 0 Å². The average Bonchev–Trinajstić information content (AvgIpc) is 2.94. The highest BCUT2D eigenvalue weighted by Crippen LogP contribution is 2.32. The molecule has 2 atom stereocenters. The molecule has 0 spiro atoms. The highest BCUT2D eigenvalue weighted by atomic mass is 16.5. The standard InChI is InChI=1S/C34H33NO/c1-25(35(2)32-20-17-28-11-5-7-13-31(28)24-32)34(29-18-21-33(36-3)22-19-29)14-8-9-26-15-16-27-10-4-6-12-30(27)23-26/h4-13,15-25,34H,14H2,1-3H3/b9-8+. The Morgan fingerprint density at radius 2 is 1.33 bits per heavy atom. The molecule has 0 amide bonds. The summed E-state index contributed by atoms with van der Waals surface area (Å²) in [6, 6.07) is 39.3. The van der Waals surface area contributed by atoms with E-state index in [4.69, 9.17) is 4.74 Å². The van der Waals surface area contributed by atoms with Crippen LogP contribution in [0.3, 0.4) is 0 Å². The molecule has 0 aromatic heterocycles. The Bertz CT molecular complexity index is 1480. The maximum absolute atomic E-state index is 5.42. The molecule has 0 saturated heterocycles. The maximum Gasteiger partial charge on any atom is 0.118 e. The van der Waals surface area contributed by atoms with Crippen molar-refractivity contribution in [3.05, 3.63) is 126 Å². The van der Waals surface area contributed by atoms with Gasteiger partial charge >= 0.3 is 0 Å². The van der Waals surface area contributed by atoms with Crippen LogP contribution in [0, 0.1) is 0 Å². The number of hydrogen-bond acceptors (Lipinski definition) is 2. The predicted octanol–water partition coefficient (Wildman–Crippen LogP) is 8.71. The molecule has 180 valence electrons. The summed E-state index contributed by atoms with van der Waals surface area (Å²) in [5.41, 5.74) is 3.79. The second kappa shape index (κ2) is 10.7. The van der Waals surface area contributed by atoms with Gasteiger partial charge in [-0.1, -0.05) is 91.0 Å². The molecular weight excluding hydrogens is 438 g/mol. The van der Waals surface area contributed by atoms with Gasteiger partial charge in [0.1, 0.15) is 5.75 Å². The van der Waals surface area contributed by atoms with Gasteiger partial charge in [-0.3, -0.25) is 0 Å². The molecule has 2 unspecified atom stereocenters. The Labute approximate surface area is 214 Å². The van der Waals surface area contributed by atoms with Crippen LogP contribution in [0.4, 0.5) is 5.69 Å². The van der Waals surface area contributed by atoms with E-state index >= 15 is 0 Å². The lowest BCUT2D eigenvalue weighted by Gasteiger charge is -2.34. The van der Waals surface area contributed by atoms with Gasteiger partial charge in [-0.15, -0.1) is 0 Å². The number of ether oxygens (including phenoxy) is 1. The van der Waals surface area contributed by atoms with E-state index in [1.54, 1.807) is 7.11 Å². The van der Waals surface area contributed by atoms with Crippen LogP contribution in [0.2, 0.25) is 0 Å². The smallest absolute Gasteiger partial charge is 0.118 e. The highest BCUT2D eigenvalue weighted by Gasteiger charge is 2.23. The number of rotatable bonds is 8. The molecule has 0 aliphatic heterocycles. The number of methoxy groups -OCH3 is 1. The van der Waals surface area contributed by atoms with Crippen molar-refractivity contribution in [3.8, 4) is 5.75 Å². The minimum atomic E-state index is 0.292. The molecule has 0 fully saturated rings. The number of likely N-dealkylation sites (N-methyl/N-ethyl adjacent to an activating group) is 1. The SMILES string of the molecule is COc1ccc(C(C/C=C/c2ccc3ccccc3c2)C(C)N(C)c2ccc3ccccc3c2)cc1. The molecule has 5 aromatic carbocycles. The van der Waals surface area contributed by atoms with Crippen molar-refractivity contribution in [2.45, 2.75) is 25.3 Å². The summed E-state index contributed by atoms with van der Waals surface area (Å²) in [6.45, 7) is 2.33. The minimum absolute atomic E-state index is 0.292. The molecule has 5 aromatic rings. The van der Waals surface area contributed by atoms with Crippen LogP contribution in [0.5, 0.6) is 5.75 Å². The van der Waals surface area contributed by atoms with Crippen molar-refractivity contribution in [1.29, 1.82) is 0 Å². The second-order valence-electron chi connectivity index (χ2n) is 9.51. The first-order valence-electron chi connectivity index (χ1n) is 12.6. The van der Waals surface area contributed by atoms with E-state index in [2.05, 4.69) is 140 Å². The summed E-state index contributed by atoms with van der Waals surface area (Å²) in [7, 11) is 3.92. The lowest BCUT2D eigenvalue weighted by Crippen LogP contribution is -2.34. The molecule has 2 heteroatoms. The van der Waals surface area contributed by atoms with Crippen LogP contribution in [-0.4, -0.2) is 20.2 Å². The highest BCUT2D eigenvalue weighted by molar-refractivity contribution is 5.86. The van der Waals surface area contributed by atoms with Crippen LogP contribution in [0.25, 0.3) is 27.6 Å². The van der Waals surface area contributed by atoms with Crippen molar-refractivity contribution >= 4 is 33.3 Å². The normalized spacial score (nSPS) is 13.2. The molecular formula is C34H33NO. The van der Waals surface area contributed by atoms with Crippen LogP contribution < -0.4 is 9.64 Å². The molecule has 0 bridgehead atoms. The molecule has 0 radical (unpaired) electrons. The summed E-state index contributed by atoms with van der Waals surface area (Å²) in [6.07, 6.45) is 5.52. The van der Waals surface area contributed by atoms with Crippen LogP contribution >= 0.6 is 0 Å². The molecule has 0 N–H and O–H groups in total. The number of fused-ring (bicyclic) bond motifs is 2. The van der Waals surface area contributed by atoms with Crippen molar-refractivity contribution in [2.75, 3.05) is 19.1 Å². The summed E-state index contributed by atoms with van der Waals surface area (Å²) in [4.78, 5) is 2.41. The fourth-order valence-electron chi connectivity index (χ4n) is 5.03. The largest absolute Gasteiger partial charge is 0.497 e. The minimum Gasteiger partial charge on any atom is -0.497 e. The zero-order chi connectivity index (χ0) is 24.9. The third-order valence-electron chi connectivity index (χ3n) is 7.35. The molecule has 0 aliphatic rings. The Morgan fingerprint density at radius 1 is 0.722 bits per heavy atom. The van der Waals surface area contributed by atoms with E-state index in [-0.39, 0.29) is 0 Å². The molecule has 2 nitrogen and oxygen atoms in total. The van der Waals surface area contributed by atoms with Crippen LogP contribution in [-0.2, 0) is 0 Å². The van der Waals surface area contributed by atoms with Gasteiger partial charge in [-0.2, -0.15) is 0 Å². The fourth-order valence-corrected chi connectivity index (χ4v) is 5.03. The lowest BCUT2D eigenvalue weighted by atomic mass is 9.88. The second-order valence-corrected chi connectivity index (χ2v) is 9.51. The molecule has 0 aliphatic carbocycles. The average molecular weight is 472 g/mol. The van der Waals surface area contributed by atoms with Crippen LogP contribution in [0.1, 0.15) is 30.4 Å². The molecule has 5 rings (SSSR count). The lowest BCUT2D eigenvalue weighted by molar-refractivity contribution is 0.414. The van der Waals surface area contributed by atoms with E-state index in [0.717, 1.165) is 12.2 Å². The first-order valence-corrected chi connectivity index (χ1v) is 12.6. The Morgan fingerprint density at radius 3 is 2.00 bits per heavy atom. The quantitative estimate of drug-likeness (QED) is 0.224. The number of anilines is 1. The number of hydrogen-bond donors (Lipinski definition) is 0. The predicted molar refractivity (Wildman–Crippen MR) is 155 cm³/mol. The van der Waals surface area contributed by atoms with Gasteiger partial charge in [0.2, 0.25) is 0 Å². The third kappa shape index (κ3) is 5.13. The van der Waals surface area contributed by atoms with E-state index in [0.29, 0.717) is 12.0 Å². The Hall–Kier alpha value is -4.04. The van der Waals surface area contributed by atoms with E-state index in [1.807, 2.05) is 0 Å². The first-order chi connectivity index (χ1) is 17.6. The van der Waals surface area contributed by atoms with Gasteiger partial charge in [-0.25, -0.2) is 0 Å². The van der Waals surface area contributed by atoms with E-state index in [9.17, 15) is 0 Å². The molecule has 36 heavy (non-hydrogen) atoms. The van der Waals surface area contributed by atoms with Crippen molar-refractivity contribution < 1.29 is 4.74 Å². The van der Waals surface area contributed by atoms with E-state index in [1.165, 1.54) is 38.4 Å². The van der Waals surface area contributed by atoms with Gasteiger partial charge in [0.25, 0.3) is 0 Å². The summed E-state index contributed by atoms with van der Waals surface area (Å²) < 4.78 is 5.42. The molecule has 0 saturated carbocycles. The number of benzene rings is 5. The summed E-state index contributed by atoms with van der Waals surface area (Å²) in [5.74, 6) is 1.21. The van der Waals surface area contributed by atoms with Crippen molar-refractivity contribution in [3.63, 3.8) is 0 Å². The zero-order valence-electron chi connectivity index (χ0n) is 21.3. The third-order valence-corrected chi connectivity index (χ3v) is 7.35. The first kappa shape index (κ1) is 23.7. The molecule has 0 heterocycles. The zero-order valence-corrected chi connectivity index (χ0v) is 21.3. The monoisotopic (exact) mass is 471 g/mol. The van der Waals surface area contributed by atoms with Gasteiger partial charge in [0.05, 0.1) is 7.11 Å².